The van der Waals surface area contributed by atoms with Crippen LogP contribution in [0.1, 0.15) is 44.6 Å². The first-order valence-electron chi connectivity index (χ1n) is 6.02. The van der Waals surface area contributed by atoms with Crippen LogP contribution in [0.2, 0.25) is 0 Å². The van der Waals surface area contributed by atoms with Gasteiger partial charge in [0.25, 0.3) is 0 Å². The Hall–Kier alpha value is -0.980. The fourth-order valence-corrected chi connectivity index (χ4v) is 2.79. The van der Waals surface area contributed by atoms with Crippen molar-refractivity contribution in [2.75, 3.05) is 5.73 Å². The first-order valence-corrected chi connectivity index (χ1v) is 6.02. The van der Waals surface area contributed by atoms with Crippen molar-refractivity contribution < 1.29 is 0 Å². The molecule has 3 atom stereocenters. The molecule has 1 aliphatic carbocycles. The lowest BCUT2D eigenvalue weighted by Gasteiger charge is -2.33. The summed E-state index contributed by atoms with van der Waals surface area (Å²) in [5, 5.41) is 0. The SMILES string of the molecule is C[C@@H]1CC[C@H](C)[C@@H](c2cccc(N)c2)C1. The summed E-state index contributed by atoms with van der Waals surface area (Å²) in [6, 6.07) is 8.44. The Morgan fingerprint density at radius 1 is 1.20 bits per heavy atom. The maximum absolute atomic E-state index is 5.85. The molecule has 1 aromatic rings. The topological polar surface area (TPSA) is 26.0 Å². The van der Waals surface area contributed by atoms with Crippen LogP contribution in [0.4, 0.5) is 5.69 Å². The molecule has 0 spiro atoms. The van der Waals surface area contributed by atoms with E-state index in [0.29, 0.717) is 0 Å². The molecule has 0 aromatic heterocycles. The third-order valence-corrected chi connectivity index (χ3v) is 3.80. The molecule has 15 heavy (non-hydrogen) atoms. The minimum Gasteiger partial charge on any atom is -0.399 e. The van der Waals surface area contributed by atoms with Crippen LogP contribution in [-0.4, -0.2) is 0 Å². The highest BCUT2D eigenvalue weighted by molar-refractivity contribution is 5.42. The van der Waals surface area contributed by atoms with Crippen LogP contribution in [0.5, 0.6) is 0 Å². The molecule has 0 aliphatic heterocycles. The highest BCUT2D eigenvalue weighted by atomic mass is 14.5. The van der Waals surface area contributed by atoms with E-state index in [1.165, 1.54) is 24.8 Å². The van der Waals surface area contributed by atoms with Gasteiger partial charge in [-0.15, -0.1) is 0 Å². The van der Waals surface area contributed by atoms with Crippen LogP contribution in [0.25, 0.3) is 0 Å². The summed E-state index contributed by atoms with van der Waals surface area (Å²) in [4.78, 5) is 0. The maximum Gasteiger partial charge on any atom is 0.0316 e. The van der Waals surface area contributed by atoms with Crippen LogP contribution < -0.4 is 5.73 Å². The molecule has 0 radical (unpaired) electrons. The summed E-state index contributed by atoms with van der Waals surface area (Å²) in [5.74, 6) is 2.40. The van der Waals surface area contributed by atoms with Crippen LogP contribution in [0.3, 0.4) is 0 Å². The predicted octanol–water partition coefficient (Wildman–Crippen LogP) is 3.81. The molecule has 0 unspecified atom stereocenters. The second-order valence-corrected chi connectivity index (χ2v) is 5.17. The van der Waals surface area contributed by atoms with Gasteiger partial charge >= 0.3 is 0 Å². The lowest BCUT2D eigenvalue weighted by molar-refractivity contribution is 0.265. The summed E-state index contributed by atoms with van der Waals surface area (Å²) < 4.78 is 0. The van der Waals surface area contributed by atoms with Gasteiger partial charge in [-0.1, -0.05) is 32.4 Å². The van der Waals surface area contributed by atoms with E-state index >= 15 is 0 Å². The highest BCUT2D eigenvalue weighted by Gasteiger charge is 2.26. The summed E-state index contributed by atoms with van der Waals surface area (Å²) in [5.41, 5.74) is 8.19. The Morgan fingerprint density at radius 2 is 2.00 bits per heavy atom. The molecule has 0 saturated heterocycles. The molecule has 1 saturated carbocycles. The van der Waals surface area contributed by atoms with Crippen molar-refractivity contribution in [1.82, 2.24) is 0 Å². The summed E-state index contributed by atoms with van der Waals surface area (Å²) >= 11 is 0. The van der Waals surface area contributed by atoms with Gasteiger partial charge in [-0.3, -0.25) is 0 Å². The first kappa shape index (κ1) is 10.5. The zero-order valence-electron chi connectivity index (χ0n) is 9.74. The van der Waals surface area contributed by atoms with Crippen molar-refractivity contribution in [2.24, 2.45) is 11.8 Å². The van der Waals surface area contributed by atoms with Gasteiger partial charge in [-0.05, 0) is 48.3 Å². The van der Waals surface area contributed by atoms with Gasteiger partial charge in [0, 0.05) is 5.69 Å². The molecule has 1 fully saturated rings. The predicted molar refractivity (Wildman–Crippen MR) is 65.8 cm³/mol. The zero-order chi connectivity index (χ0) is 10.8. The van der Waals surface area contributed by atoms with Crippen molar-refractivity contribution in [3.8, 4) is 0 Å². The number of hydrogen-bond donors (Lipinski definition) is 1. The third kappa shape index (κ3) is 2.34. The lowest BCUT2D eigenvalue weighted by atomic mass is 9.72. The zero-order valence-corrected chi connectivity index (χ0v) is 9.74. The minimum atomic E-state index is 0.720. The molecule has 1 heteroatoms. The number of hydrogen-bond acceptors (Lipinski definition) is 1. The van der Waals surface area contributed by atoms with Crippen molar-refractivity contribution in [3.63, 3.8) is 0 Å². The van der Waals surface area contributed by atoms with Crippen molar-refractivity contribution in [1.29, 1.82) is 0 Å². The number of rotatable bonds is 1. The summed E-state index contributed by atoms with van der Waals surface area (Å²) in [6.45, 7) is 4.74. The van der Waals surface area contributed by atoms with E-state index in [0.717, 1.165) is 23.4 Å². The second-order valence-electron chi connectivity index (χ2n) is 5.17. The largest absolute Gasteiger partial charge is 0.399 e. The fraction of sp³-hybridized carbons (Fsp3) is 0.571. The van der Waals surface area contributed by atoms with E-state index in [4.69, 9.17) is 5.73 Å². The Labute approximate surface area is 92.7 Å². The number of benzene rings is 1. The number of nitrogen functional groups attached to an aromatic ring is 1. The molecular formula is C14H21N. The molecule has 2 rings (SSSR count). The van der Waals surface area contributed by atoms with Gasteiger partial charge in [0.15, 0.2) is 0 Å². The first-order chi connectivity index (χ1) is 7.16. The Morgan fingerprint density at radius 3 is 2.73 bits per heavy atom. The standard InChI is InChI=1S/C14H21N/c1-10-6-7-11(2)14(8-10)12-4-3-5-13(15)9-12/h3-5,9-11,14H,6-8,15H2,1-2H3/t10-,11+,14+/m1/s1. The molecule has 1 aliphatic rings. The van der Waals surface area contributed by atoms with Gasteiger partial charge in [-0.25, -0.2) is 0 Å². The van der Waals surface area contributed by atoms with Crippen molar-refractivity contribution >= 4 is 5.69 Å². The van der Waals surface area contributed by atoms with Gasteiger partial charge in [0.2, 0.25) is 0 Å². The van der Waals surface area contributed by atoms with Gasteiger partial charge in [0.05, 0.1) is 0 Å². The number of nitrogens with two attached hydrogens (primary N) is 1. The molecule has 1 nitrogen and oxygen atoms in total. The van der Waals surface area contributed by atoms with Crippen LogP contribution in [0, 0.1) is 11.8 Å². The summed E-state index contributed by atoms with van der Waals surface area (Å²) in [6.07, 6.45) is 4.07. The highest BCUT2D eigenvalue weighted by Crippen LogP contribution is 2.40. The normalized spacial score (nSPS) is 31.5. The third-order valence-electron chi connectivity index (χ3n) is 3.80. The maximum atomic E-state index is 5.85. The van der Waals surface area contributed by atoms with Crippen LogP contribution in [0.15, 0.2) is 24.3 Å². The smallest absolute Gasteiger partial charge is 0.0316 e. The molecular weight excluding hydrogens is 182 g/mol. The Balaban J connectivity index is 2.21. The molecule has 0 amide bonds. The number of anilines is 1. The molecule has 0 heterocycles. The van der Waals surface area contributed by atoms with E-state index in [9.17, 15) is 0 Å². The summed E-state index contributed by atoms with van der Waals surface area (Å²) in [7, 11) is 0. The van der Waals surface area contributed by atoms with Crippen molar-refractivity contribution in [2.45, 2.75) is 39.0 Å². The average molecular weight is 203 g/mol. The van der Waals surface area contributed by atoms with Crippen LogP contribution >= 0.6 is 0 Å². The molecule has 2 N–H and O–H groups in total. The van der Waals surface area contributed by atoms with E-state index < -0.39 is 0 Å². The van der Waals surface area contributed by atoms with Gasteiger partial charge in [-0.2, -0.15) is 0 Å². The van der Waals surface area contributed by atoms with Crippen molar-refractivity contribution in [3.05, 3.63) is 29.8 Å². The van der Waals surface area contributed by atoms with E-state index in [1.54, 1.807) is 0 Å². The second kappa shape index (κ2) is 4.26. The van der Waals surface area contributed by atoms with Gasteiger partial charge < -0.3 is 5.73 Å². The molecule has 0 bridgehead atoms. The monoisotopic (exact) mass is 203 g/mol. The van der Waals surface area contributed by atoms with E-state index in [2.05, 4.69) is 32.0 Å². The Kier molecular flexibility index (Phi) is 2.99. The lowest BCUT2D eigenvalue weighted by Crippen LogP contribution is -2.19. The van der Waals surface area contributed by atoms with Crippen LogP contribution in [-0.2, 0) is 0 Å². The quantitative estimate of drug-likeness (QED) is 0.690. The minimum absolute atomic E-state index is 0.720. The molecule has 1 aromatic carbocycles. The van der Waals surface area contributed by atoms with E-state index in [1.807, 2.05) is 6.07 Å². The van der Waals surface area contributed by atoms with E-state index in [-0.39, 0.29) is 0 Å². The Bertz CT molecular complexity index is 332. The average Bonchev–Trinajstić information content (AvgIpc) is 2.22. The fourth-order valence-electron chi connectivity index (χ4n) is 2.79. The van der Waals surface area contributed by atoms with Gasteiger partial charge in [0.1, 0.15) is 0 Å². The molecule has 82 valence electrons.